The van der Waals surface area contributed by atoms with Gasteiger partial charge in [-0.1, -0.05) is 74.2 Å². The molecule has 0 aromatic heterocycles. The van der Waals surface area contributed by atoms with Crippen LogP contribution in [0, 0.1) is 27.7 Å². The quantitative estimate of drug-likeness (QED) is 0.425. The van der Waals surface area contributed by atoms with Gasteiger partial charge in [-0.3, -0.25) is 0 Å². The molecule has 148 valence electrons. The van der Waals surface area contributed by atoms with Crippen molar-refractivity contribution in [1.29, 1.82) is 0 Å². The molecule has 0 radical (unpaired) electrons. The van der Waals surface area contributed by atoms with Crippen molar-refractivity contribution < 1.29 is 4.74 Å². The molecule has 0 aliphatic heterocycles. The molecule has 1 heteroatoms. The second kappa shape index (κ2) is 10.7. The minimum Gasteiger partial charge on any atom is -0.380 e. The lowest BCUT2D eigenvalue weighted by Crippen LogP contribution is -2.15. The predicted molar refractivity (Wildman–Crippen MR) is 118 cm³/mol. The van der Waals surface area contributed by atoms with Crippen LogP contribution in [0.5, 0.6) is 0 Å². The molecule has 0 spiro atoms. The average Bonchev–Trinajstić information content (AvgIpc) is 2.61. The topological polar surface area (TPSA) is 9.23 Å². The molecule has 0 aliphatic rings. The van der Waals surface area contributed by atoms with Gasteiger partial charge in [-0.25, -0.2) is 0 Å². The van der Waals surface area contributed by atoms with Crippen LogP contribution >= 0.6 is 0 Å². The molecule has 0 N–H and O–H groups in total. The van der Waals surface area contributed by atoms with E-state index in [1.165, 1.54) is 59.1 Å². The molecule has 27 heavy (non-hydrogen) atoms. The van der Waals surface area contributed by atoms with E-state index in [2.05, 4.69) is 77.9 Å². The van der Waals surface area contributed by atoms with Crippen LogP contribution in [0.3, 0.4) is 0 Å². The lowest BCUT2D eigenvalue weighted by atomic mass is 9.90. The highest BCUT2D eigenvalue weighted by Crippen LogP contribution is 2.29. The molecule has 2 rings (SSSR count). The summed E-state index contributed by atoms with van der Waals surface area (Å²) in [7, 11) is 0. The van der Waals surface area contributed by atoms with Crippen molar-refractivity contribution in [2.24, 2.45) is 0 Å². The van der Waals surface area contributed by atoms with E-state index in [1.54, 1.807) is 0 Å². The van der Waals surface area contributed by atoms with Crippen LogP contribution in [-0.2, 0) is 4.74 Å². The van der Waals surface area contributed by atoms with Gasteiger partial charge < -0.3 is 4.74 Å². The van der Waals surface area contributed by atoms with E-state index in [-0.39, 0.29) is 0 Å². The van der Waals surface area contributed by atoms with Crippen molar-refractivity contribution in [2.75, 3.05) is 13.2 Å². The first kappa shape index (κ1) is 21.7. The summed E-state index contributed by atoms with van der Waals surface area (Å²) in [6.07, 6.45) is 4.76. The Morgan fingerprint density at radius 1 is 0.667 bits per heavy atom. The maximum atomic E-state index is 6.34. The molecular weight excluding hydrogens is 328 g/mol. The first-order valence-corrected chi connectivity index (χ1v) is 10.7. The normalized spacial score (nSPS) is 13.6. The van der Waals surface area contributed by atoms with Gasteiger partial charge >= 0.3 is 0 Å². The fourth-order valence-corrected chi connectivity index (χ4v) is 4.27. The first-order chi connectivity index (χ1) is 13.0. The molecule has 0 bridgehead atoms. The first-order valence-electron chi connectivity index (χ1n) is 10.7. The highest BCUT2D eigenvalue weighted by atomic mass is 16.5. The highest BCUT2D eigenvalue weighted by Gasteiger charge is 2.17. The Kier molecular flexibility index (Phi) is 8.57. The van der Waals surface area contributed by atoms with Crippen LogP contribution in [0.25, 0.3) is 0 Å². The highest BCUT2D eigenvalue weighted by molar-refractivity contribution is 5.34. The zero-order valence-corrected chi connectivity index (χ0v) is 18.3. The zero-order valence-electron chi connectivity index (χ0n) is 18.3. The summed E-state index contributed by atoms with van der Waals surface area (Å²) in [6.45, 7) is 15.0. The standard InChI is InChI=1S/C26H38O/c1-7-9-23(25-13-11-19(3)15-21(25)5)17-27-18-24(10-8-2)26-14-12-20(4)16-22(26)6/h11-16,23-24H,7-10,17-18H2,1-6H3. The van der Waals surface area contributed by atoms with Crippen LogP contribution in [0.4, 0.5) is 0 Å². The van der Waals surface area contributed by atoms with Gasteiger partial charge in [-0.2, -0.15) is 0 Å². The summed E-state index contributed by atoms with van der Waals surface area (Å²) in [4.78, 5) is 0. The van der Waals surface area contributed by atoms with Crippen LogP contribution in [-0.4, -0.2) is 13.2 Å². The van der Waals surface area contributed by atoms with Crippen molar-refractivity contribution in [2.45, 2.75) is 79.1 Å². The van der Waals surface area contributed by atoms with E-state index in [9.17, 15) is 0 Å². The fraction of sp³-hybridized carbons (Fsp3) is 0.538. The molecule has 0 fully saturated rings. The van der Waals surface area contributed by atoms with E-state index >= 15 is 0 Å². The predicted octanol–water partition coefficient (Wildman–Crippen LogP) is 7.40. The van der Waals surface area contributed by atoms with Crippen molar-refractivity contribution in [3.05, 3.63) is 69.8 Å². The van der Waals surface area contributed by atoms with Crippen molar-refractivity contribution in [1.82, 2.24) is 0 Å². The third kappa shape index (κ3) is 6.21. The Morgan fingerprint density at radius 2 is 1.07 bits per heavy atom. The summed E-state index contributed by atoms with van der Waals surface area (Å²) in [5.41, 5.74) is 8.39. The Hall–Kier alpha value is -1.60. The summed E-state index contributed by atoms with van der Waals surface area (Å²) in [6, 6.07) is 13.7. The van der Waals surface area contributed by atoms with Gasteiger partial charge in [0.15, 0.2) is 0 Å². The number of hydrogen-bond donors (Lipinski definition) is 0. The molecular formula is C26H38O. The molecule has 0 amide bonds. The summed E-state index contributed by atoms with van der Waals surface area (Å²) in [5.74, 6) is 0.994. The van der Waals surface area contributed by atoms with Gasteiger partial charge in [-0.15, -0.1) is 0 Å². The Labute approximate surface area is 167 Å². The second-order valence-corrected chi connectivity index (χ2v) is 8.23. The maximum absolute atomic E-state index is 6.34. The monoisotopic (exact) mass is 366 g/mol. The van der Waals surface area contributed by atoms with Gasteiger partial charge in [0.1, 0.15) is 0 Å². The number of rotatable bonds is 10. The molecule has 2 aromatic rings. The van der Waals surface area contributed by atoms with E-state index in [1.807, 2.05) is 0 Å². The van der Waals surface area contributed by atoms with Gasteiger partial charge in [0.25, 0.3) is 0 Å². The molecule has 2 aromatic carbocycles. The minimum atomic E-state index is 0.497. The van der Waals surface area contributed by atoms with Gasteiger partial charge in [0, 0.05) is 11.8 Å². The second-order valence-electron chi connectivity index (χ2n) is 8.23. The summed E-state index contributed by atoms with van der Waals surface area (Å²) >= 11 is 0. The molecule has 0 saturated heterocycles. The lowest BCUT2D eigenvalue weighted by molar-refractivity contribution is 0.102. The maximum Gasteiger partial charge on any atom is 0.0535 e. The lowest BCUT2D eigenvalue weighted by Gasteiger charge is -2.23. The van der Waals surface area contributed by atoms with Gasteiger partial charge in [-0.05, 0) is 62.8 Å². The Balaban J connectivity index is 2.06. The summed E-state index contributed by atoms with van der Waals surface area (Å²) in [5, 5.41) is 0. The zero-order chi connectivity index (χ0) is 19.8. The molecule has 0 heterocycles. The fourth-order valence-electron chi connectivity index (χ4n) is 4.27. The Morgan fingerprint density at radius 3 is 1.41 bits per heavy atom. The smallest absolute Gasteiger partial charge is 0.0535 e. The third-order valence-electron chi connectivity index (χ3n) is 5.64. The van der Waals surface area contributed by atoms with Crippen LogP contribution in [0.2, 0.25) is 0 Å². The molecule has 0 aliphatic carbocycles. The SMILES string of the molecule is CCCC(COCC(CCC)c1ccc(C)cc1C)c1ccc(C)cc1C. The van der Waals surface area contributed by atoms with E-state index in [4.69, 9.17) is 4.74 Å². The van der Waals surface area contributed by atoms with Gasteiger partial charge in [0.05, 0.1) is 13.2 Å². The minimum absolute atomic E-state index is 0.497. The van der Waals surface area contributed by atoms with Gasteiger partial charge in [0.2, 0.25) is 0 Å². The number of ether oxygens (including phenoxy) is 1. The molecule has 2 atom stereocenters. The van der Waals surface area contributed by atoms with Crippen molar-refractivity contribution in [3.8, 4) is 0 Å². The van der Waals surface area contributed by atoms with Crippen LogP contribution in [0.15, 0.2) is 36.4 Å². The van der Waals surface area contributed by atoms with Crippen molar-refractivity contribution in [3.63, 3.8) is 0 Å². The number of benzene rings is 2. The third-order valence-corrected chi connectivity index (χ3v) is 5.64. The largest absolute Gasteiger partial charge is 0.380 e. The van der Waals surface area contributed by atoms with Crippen LogP contribution < -0.4 is 0 Å². The molecule has 0 saturated carbocycles. The molecule has 1 nitrogen and oxygen atoms in total. The van der Waals surface area contributed by atoms with E-state index in [0.717, 1.165) is 13.2 Å². The number of aryl methyl sites for hydroxylation is 4. The van der Waals surface area contributed by atoms with E-state index < -0.39 is 0 Å². The summed E-state index contributed by atoms with van der Waals surface area (Å²) < 4.78 is 6.34. The molecule has 2 unspecified atom stereocenters. The van der Waals surface area contributed by atoms with Crippen LogP contribution in [0.1, 0.15) is 84.7 Å². The van der Waals surface area contributed by atoms with Crippen molar-refractivity contribution >= 4 is 0 Å². The van der Waals surface area contributed by atoms with E-state index in [0.29, 0.717) is 11.8 Å². The Bertz CT molecular complexity index is 655. The number of hydrogen-bond acceptors (Lipinski definition) is 1. The average molecular weight is 367 g/mol.